The molecule has 1 aliphatic heterocycles. The lowest BCUT2D eigenvalue weighted by Gasteiger charge is -2.31. The molecular formula is C16H18ClN3. The van der Waals surface area contributed by atoms with Gasteiger partial charge in [0.05, 0.1) is 0 Å². The van der Waals surface area contributed by atoms with Crippen LogP contribution in [0.2, 0.25) is 5.15 Å². The molecule has 20 heavy (non-hydrogen) atoms. The summed E-state index contributed by atoms with van der Waals surface area (Å²) in [6.45, 7) is 4.04. The van der Waals surface area contributed by atoms with E-state index in [0.717, 1.165) is 43.7 Å². The third-order valence-electron chi connectivity index (χ3n) is 3.80. The van der Waals surface area contributed by atoms with E-state index in [1.54, 1.807) is 6.33 Å². The molecule has 2 heterocycles. The van der Waals surface area contributed by atoms with Crippen LogP contribution in [-0.4, -0.2) is 16.5 Å². The summed E-state index contributed by atoms with van der Waals surface area (Å²) in [6.07, 6.45) is 4.60. The molecule has 0 spiro atoms. The molecule has 0 atom stereocenters. The second-order valence-corrected chi connectivity index (χ2v) is 5.51. The summed E-state index contributed by atoms with van der Waals surface area (Å²) in [5.41, 5.74) is 3.91. The van der Waals surface area contributed by atoms with Gasteiger partial charge in [-0.1, -0.05) is 49.2 Å². The highest BCUT2D eigenvalue weighted by molar-refractivity contribution is 6.30. The number of nitrogens with zero attached hydrogens (tertiary/aromatic N) is 3. The van der Waals surface area contributed by atoms with Gasteiger partial charge in [-0.2, -0.15) is 0 Å². The molecule has 0 saturated carbocycles. The molecule has 1 aromatic carbocycles. The molecule has 3 rings (SSSR count). The lowest BCUT2D eigenvalue weighted by molar-refractivity contribution is 0.710. The van der Waals surface area contributed by atoms with Crippen molar-refractivity contribution in [1.29, 1.82) is 0 Å². The summed E-state index contributed by atoms with van der Waals surface area (Å²) in [5.74, 6) is 1.00. The molecule has 1 aliphatic rings. The van der Waals surface area contributed by atoms with E-state index in [-0.39, 0.29) is 0 Å². The standard InChI is InChI=1S/C16H18ClN3/c1-2-5-14-15(17)18-11-19-16(14)20-9-8-12-6-3-4-7-13(12)10-20/h3-4,6-7,11H,2,5,8-10H2,1H3. The number of fused-ring (bicyclic) bond motifs is 1. The van der Waals surface area contributed by atoms with Crippen LogP contribution in [0.25, 0.3) is 0 Å². The average Bonchev–Trinajstić information content (AvgIpc) is 2.49. The van der Waals surface area contributed by atoms with Crippen LogP contribution in [0.5, 0.6) is 0 Å². The van der Waals surface area contributed by atoms with E-state index in [1.165, 1.54) is 11.1 Å². The first-order valence-corrected chi connectivity index (χ1v) is 7.48. The molecule has 0 bridgehead atoms. The quantitative estimate of drug-likeness (QED) is 0.807. The van der Waals surface area contributed by atoms with E-state index in [2.05, 4.69) is 46.1 Å². The van der Waals surface area contributed by atoms with Gasteiger partial charge in [-0.15, -0.1) is 0 Å². The van der Waals surface area contributed by atoms with Crippen molar-refractivity contribution in [2.75, 3.05) is 11.4 Å². The summed E-state index contributed by atoms with van der Waals surface area (Å²) in [7, 11) is 0. The lowest BCUT2D eigenvalue weighted by atomic mass is 9.99. The molecular weight excluding hydrogens is 270 g/mol. The summed E-state index contributed by atoms with van der Waals surface area (Å²) < 4.78 is 0. The fraction of sp³-hybridized carbons (Fsp3) is 0.375. The number of aromatic nitrogens is 2. The molecule has 0 unspecified atom stereocenters. The Kier molecular flexibility index (Phi) is 3.88. The van der Waals surface area contributed by atoms with E-state index in [0.29, 0.717) is 5.15 Å². The molecule has 0 N–H and O–H groups in total. The van der Waals surface area contributed by atoms with Crippen LogP contribution in [0.1, 0.15) is 30.0 Å². The fourth-order valence-corrected chi connectivity index (χ4v) is 3.02. The summed E-state index contributed by atoms with van der Waals surface area (Å²) in [4.78, 5) is 10.9. The molecule has 0 radical (unpaired) electrons. The maximum absolute atomic E-state index is 6.25. The SMILES string of the molecule is CCCc1c(Cl)ncnc1N1CCc2ccccc2C1. The van der Waals surface area contributed by atoms with Crippen molar-refractivity contribution in [2.45, 2.75) is 32.7 Å². The lowest BCUT2D eigenvalue weighted by Crippen LogP contribution is -2.32. The Bertz CT molecular complexity index is 612. The molecule has 4 heteroatoms. The van der Waals surface area contributed by atoms with E-state index in [1.807, 2.05) is 0 Å². The van der Waals surface area contributed by atoms with Gasteiger partial charge < -0.3 is 4.90 Å². The van der Waals surface area contributed by atoms with Crippen molar-refractivity contribution in [1.82, 2.24) is 9.97 Å². The maximum atomic E-state index is 6.25. The Morgan fingerprint density at radius 2 is 2.00 bits per heavy atom. The van der Waals surface area contributed by atoms with Crippen LogP contribution >= 0.6 is 11.6 Å². The van der Waals surface area contributed by atoms with Crippen LogP contribution in [0.4, 0.5) is 5.82 Å². The minimum Gasteiger partial charge on any atom is -0.352 e. The largest absolute Gasteiger partial charge is 0.352 e. The molecule has 3 nitrogen and oxygen atoms in total. The molecule has 104 valence electrons. The van der Waals surface area contributed by atoms with Crippen molar-refractivity contribution in [3.05, 3.63) is 52.4 Å². The van der Waals surface area contributed by atoms with Crippen LogP contribution in [0.3, 0.4) is 0 Å². The zero-order chi connectivity index (χ0) is 13.9. The van der Waals surface area contributed by atoms with E-state index >= 15 is 0 Å². The third kappa shape index (κ3) is 2.50. The van der Waals surface area contributed by atoms with Crippen LogP contribution in [0, 0.1) is 0 Å². The first-order chi connectivity index (χ1) is 9.79. The van der Waals surface area contributed by atoms with Gasteiger partial charge in [0.1, 0.15) is 17.3 Å². The van der Waals surface area contributed by atoms with Gasteiger partial charge in [-0.25, -0.2) is 9.97 Å². The van der Waals surface area contributed by atoms with Gasteiger partial charge in [0.2, 0.25) is 0 Å². The van der Waals surface area contributed by atoms with Crippen LogP contribution in [0.15, 0.2) is 30.6 Å². The number of anilines is 1. The van der Waals surface area contributed by atoms with E-state index in [4.69, 9.17) is 11.6 Å². The molecule has 2 aromatic rings. The van der Waals surface area contributed by atoms with Gasteiger partial charge >= 0.3 is 0 Å². The van der Waals surface area contributed by atoms with Crippen molar-refractivity contribution in [3.63, 3.8) is 0 Å². The van der Waals surface area contributed by atoms with Crippen molar-refractivity contribution >= 4 is 17.4 Å². The Hall–Kier alpha value is -1.61. The number of rotatable bonds is 3. The molecule has 1 aromatic heterocycles. The van der Waals surface area contributed by atoms with Gasteiger partial charge in [-0.3, -0.25) is 0 Å². The number of benzene rings is 1. The van der Waals surface area contributed by atoms with Gasteiger partial charge in [-0.05, 0) is 24.0 Å². The van der Waals surface area contributed by atoms with Gasteiger partial charge in [0, 0.05) is 18.7 Å². The highest BCUT2D eigenvalue weighted by Crippen LogP contribution is 2.29. The zero-order valence-corrected chi connectivity index (χ0v) is 12.4. The first-order valence-electron chi connectivity index (χ1n) is 7.10. The predicted octanol–water partition coefficient (Wildman–Crippen LogP) is 3.65. The minimum atomic E-state index is 0.593. The highest BCUT2D eigenvalue weighted by atomic mass is 35.5. The Morgan fingerprint density at radius 1 is 1.20 bits per heavy atom. The Balaban J connectivity index is 1.93. The topological polar surface area (TPSA) is 29.0 Å². The second kappa shape index (κ2) is 5.80. The maximum Gasteiger partial charge on any atom is 0.137 e. The smallest absolute Gasteiger partial charge is 0.137 e. The second-order valence-electron chi connectivity index (χ2n) is 5.16. The molecule has 0 amide bonds. The Labute approximate surface area is 124 Å². The predicted molar refractivity (Wildman–Crippen MR) is 82.2 cm³/mol. The summed E-state index contributed by atoms with van der Waals surface area (Å²) in [5, 5.41) is 0.593. The van der Waals surface area contributed by atoms with Crippen molar-refractivity contribution < 1.29 is 0 Å². The number of hydrogen-bond acceptors (Lipinski definition) is 3. The first kappa shape index (κ1) is 13.4. The summed E-state index contributed by atoms with van der Waals surface area (Å²) in [6, 6.07) is 8.62. The normalized spacial score (nSPS) is 14.2. The minimum absolute atomic E-state index is 0.593. The Morgan fingerprint density at radius 3 is 2.80 bits per heavy atom. The number of hydrogen-bond donors (Lipinski definition) is 0. The average molecular weight is 288 g/mol. The summed E-state index contributed by atoms with van der Waals surface area (Å²) >= 11 is 6.25. The fourth-order valence-electron chi connectivity index (χ4n) is 2.80. The molecule has 0 fully saturated rings. The number of halogens is 1. The van der Waals surface area contributed by atoms with Gasteiger partial charge in [0.25, 0.3) is 0 Å². The van der Waals surface area contributed by atoms with Crippen LogP contribution in [-0.2, 0) is 19.4 Å². The zero-order valence-electron chi connectivity index (χ0n) is 11.6. The van der Waals surface area contributed by atoms with Crippen molar-refractivity contribution in [3.8, 4) is 0 Å². The third-order valence-corrected chi connectivity index (χ3v) is 4.13. The highest BCUT2D eigenvalue weighted by Gasteiger charge is 2.20. The monoisotopic (exact) mass is 287 g/mol. The molecule has 0 aliphatic carbocycles. The molecule has 0 saturated heterocycles. The van der Waals surface area contributed by atoms with Crippen molar-refractivity contribution in [2.24, 2.45) is 0 Å². The van der Waals surface area contributed by atoms with Crippen LogP contribution < -0.4 is 4.90 Å². The van der Waals surface area contributed by atoms with Gasteiger partial charge in [0.15, 0.2) is 0 Å². The van der Waals surface area contributed by atoms with E-state index in [9.17, 15) is 0 Å². The van der Waals surface area contributed by atoms with E-state index < -0.39 is 0 Å².